The summed E-state index contributed by atoms with van der Waals surface area (Å²) in [5.74, 6) is -0.686. The molecule has 5 heteroatoms. The monoisotopic (exact) mass is 424 g/mol. The fourth-order valence-electron chi connectivity index (χ4n) is 2.60. The van der Waals surface area contributed by atoms with E-state index in [1.807, 2.05) is 62.4 Å². The Morgan fingerprint density at radius 2 is 1.72 bits per heavy atom. The van der Waals surface area contributed by atoms with E-state index in [0.717, 1.165) is 15.6 Å². The predicted molar refractivity (Wildman–Crippen MR) is 104 cm³/mol. The van der Waals surface area contributed by atoms with Crippen LogP contribution in [0.1, 0.15) is 37.5 Å². The number of halogens is 2. The fraction of sp³-hybridized carbons (Fsp3) is 0.350. The molecule has 0 aromatic heterocycles. The third-order valence-corrected chi connectivity index (χ3v) is 4.65. The Balaban J connectivity index is 2.25. The number of hydrogen-bond acceptors (Lipinski definition) is 2. The van der Waals surface area contributed by atoms with Crippen LogP contribution in [0.3, 0.4) is 0 Å². The Labute approximate surface area is 162 Å². The zero-order chi connectivity index (χ0) is 18.4. The number of aliphatic carboxylic acids is 1. The second-order valence-corrected chi connectivity index (χ2v) is 7.82. The van der Waals surface area contributed by atoms with Crippen LogP contribution in [0, 0.1) is 5.92 Å². The van der Waals surface area contributed by atoms with E-state index in [9.17, 15) is 9.90 Å². The first-order valence-electron chi connectivity index (χ1n) is 8.23. The highest BCUT2D eigenvalue weighted by Gasteiger charge is 2.25. The van der Waals surface area contributed by atoms with Gasteiger partial charge in [0, 0.05) is 15.9 Å². The van der Waals surface area contributed by atoms with Crippen molar-refractivity contribution in [3.8, 4) is 0 Å². The van der Waals surface area contributed by atoms with Crippen LogP contribution in [0.2, 0.25) is 5.02 Å². The van der Waals surface area contributed by atoms with Gasteiger partial charge in [0.15, 0.2) is 6.10 Å². The van der Waals surface area contributed by atoms with Crippen molar-refractivity contribution >= 4 is 33.5 Å². The van der Waals surface area contributed by atoms with E-state index in [1.54, 1.807) is 0 Å². The van der Waals surface area contributed by atoms with E-state index in [-0.39, 0.29) is 12.0 Å². The molecular weight excluding hydrogens is 404 g/mol. The molecule has 0 aliphatic rings. The molecule has 2 aromatic carbocycles. The number of rotatable bonds is 8. The minimum Gasteiger partial charge on any atom is -0.479 e. The van der Waals surface area contributed by atoms with Crippen molar-refractivity contribution in [1.82, 2.24) is 0 Å². The van der Waals surface area contributed by atoms with Gasteiger partial charge in [-0.2, -0.15) is 0 Å². The number of carboxylic acid groups (broad SMARTS) is 1. The summed E-state index contributed by atoms with van der Waals surface area (Å²) >= 11 is 9.38. The van der Waals surface area contributed by atoms with E-state index in [1.165, 1.54) is 0 Å². The third-order valence-electron chi connectivity index (χ3n) is 3.87. The molecule has 0 fully saturated rings. The largest absolute Gasteiger partial charge is 0.479 e. The van der Waals surface area contributed by atoms with Crippen LogP contribution in [-0.4, -0.2) is 17.2 Å². The second kappa shape index (κ2) is 9.37. The van der Waals surface area contributed by atoms with Crippen LogP contribution in [-0.2, 0) is 16.0 Å². The van der Waals surface area contributed by atoms with Gasteiger partial charge < -0.3 is 9.84 Å². The summed E-state index contributed by atoms with van der Waals surface area (Å²) < 4.78 is 7.01. The van der Waals surface area contributed by atoms with Gasteiger partial charge in [-0.05, 0) is 47.7 Å². The number of carbonyl (C=O) groups is 1. The molecule has 0 heterocycles. The molecule has 134 valence electrons. The maximum atomic E-state index is 11.6. The standard InChI is InChI=1S/C20H22BrClO3/c1-13(2)11-19(20(23)24)25-18(15-5-7-16(21)8-6-15)12-14-3-9-17(22)10-4-14/h3-10,13,18-19H,11-12H2,1-2H3,(H,23,24)/t18-,19?/m1/s1. The zero-order valence-electron chi connectivity index (χ0n) is 14.3. The average Bonchev–Trinajstić information content (AvgIpc) is 2.55. The molecule has 2 rings (SSSR count). The molecular formula is C20H22BrClO3. The van der Waals surface area contributed by atoms with Crippen molar-refractivity contribution < 1.29 is 14.6 Å². The summed E-state index contributed by atoms with van der Waals surface area (Å²) in [6.45, 7) is 3.99. The maximum Gasteiger partial charge on any atom is 0.332 e. The lowest BCUT2D eigenvalue weighted by Crippen LogP contribution is -2.28. The second-order valence-electron chi connectivity index (χ2n) is 6.46. The van der Waals surface area contributed by atoms with Crippen molar-refractivity contribution in [2.75, 3.05) is 0 Å². The number of benzene rings is 2. The Morgan fingerprint density at radius 3 is 2.24 bits per heavy atom. The minimum absolute atomic E-state index is 0.238. The molecule has 3 nitrogen and oxygen atoms in total. The molecule has 1 unspecified atom stereocenters. The van der Waals surface area contributed by atoms with Gasteiger partial charge in [0.1, 0.15) is 0 Å². The molecule has 0 saturated carbocycles. The van der Waals surface area contributed by atoms with Crippen molar-refractivity contribution in [2.24, 2.45) is 5.92 Å². The normalized spacial score (nSPS) is 13.6. The molecule has 2 atom stereocenters. The van der Waals surface area contributed by atoms with Gasteiger partial charge in [-0.25, -0.2) is 4.79 Å². The van der Waals surface area contributed by atoms with Crippen LogP contribution in [0.25, 0.3) is 0 Å². The maximum absolute atomic E-state index is 11.6. The summed E-state index contributed by atoms with van der Waals surface area (Å²) in [4.78, 5) is 11.6. The SMILES string of the molecule is CC(C)CC(O[C@H](Cc1ccc(Cl)cc1)c1ccc(Br)cc1)C(=O)O. The highest BCUT2D eigenvalue weighted by molar-refractivity contribution is 9.10. The third kappa shape index (κ3) is 6.46. The first kappa shape index (κ1) is 20.0. The smallest absolute Gasteiger partial charge is 0.332 e. The molecule has 0 saturated heterocycles. The van der Waals surface area contributed by atoms with E-state index in [2.05, 4.69) is 15.9 Å². The van der Waals surface area contributed by atoms with E-state index in [4.69, 9.17) is 16.3 Å². The molecule has 0 bridgehead atoms. The lowest BCUT2D eigenvalue weighted by Gasteiger charge is -2.24. The Bertz CT molecular complexity index is 683. The van der Waals surface area contributed by atoms with Crippen LogP contribution < -0.4 is 0 Å². The average molecular weight is 426 g/mol. The Kier molecular flexibility index (Phi) is 7.48. The summed E-state index contributed by atoms with van der Waals surface area (Å²) in [5, 5.41) is 10.2. The number of carboxylic acids is 1. The minimum atomic E-state index is -0.924. The first-order valence-corrected chi connectivity index (χ1v) is 9.40. The highest BCUT2D eigenvalue weighted by Crippen LogP contribution is 2.27. The summed E-state index contributed by atoms with van der Waals surface area (Å²) in [6, 6.07) is 15.3. The van der Waals surface area contributed by atoms with Gasteiger partial charge in [-0.3, -0.25) is 0 Å². The molecule has 25 heavy (non-hydrogen) atoms. The van der Waals surface area contributed by atoms with E-state index < -0.39 is 12.1 Å². The van der Waals surface area contributed by atoms with Gasteiger partial charge in [-0.15, -0.1) is 0 Å². The highest BCUT2D eigenvalue weighted by atomic mass is 79.9. The zero-order valence-corrected chi connectivity index (χ0v) is 16.6. The molecule has 0 radical (unpaired) electrons. The Morgan fingerprint density at radius 1 is 1.12 bits per heavy atom. The van der Waals surface area contributed by atoms with Gasteiger partial charge >= 0.3 is 5.97 Å². The van der Waals surface area contributed by atoms with Crippen LogP contribution in [0.4, 0.5) is 0 Å². The van der Waals surface area contributed by atoms with Crippen molar-refractivity contribution in [3.63, 3.8) is 0 Å². The molecule has 1 N–H and O–H groups in total. The quantitative estimate of drug-likeness (QED) is 0.572. The molecule has 2 aromatic rings. The lowest BCUT2D eigenvalue weighted by atomic mass is 10.00. The summed E-state index contributed by atoms with van der Waals surface area (Å²) in [6.07, 6.45) is -0.112. The van der Waals surface area contributed by atoms with Crippen LogP contribution in [0.15, 0.2) is 53.0 Å². The topological polar surface area (TPSA) is 46.5 Å². The fourth-order valence-corrected chi connectivity index (χ4v) is 2.99. The van der Waals surface area contributed by atoms with Crippen molar-refractivity contribution in [2.45, 2.75) is 38.9 Å². The molecule has 0 aliphatic carbocycles. The summed E-state index contributed by atoms with van der Waals surface area (Å²) in [5.41, 5.74) is 2.00. The number of hydrogen-bond donors (Lipinski definition) is 1. The van der Waals surface area contributed by atoms with Crippen LogP contribution >= 0.6 is 27.5 Å². The van der Waals surface area contributed by atoms with E-state index in [0.29, 0.717) is 17.9 Å². The molecule has 0 spiro atoms. The Hall–Kier alpha value is -1.36. The van der Waals surface area contributed by atoms with Crippen LogP contribution in [0.5, 0.6) is 0 Å². The van der Waals surface area contributed by atoms with Crippen molar-refractivity contribution in [1.29, 1.82) is 0 Å². The van der Waals surface area contributed by atoms with Gasteiger partial charge in [0.05, 0.1) is 6.10 Å². The van der Waals surface area contributed by atoms with Gasteiger partial charge in [-0.1, -0.05) is 65.6 Å². The van der Waals surface area contributed by atoms with E-state index >= 15 is 0 Å². The molecule has 0 amide bonds. The van der Waals surface area contributed by atoms with Crippen molar-refractivity contribution in [3.05, 3.63) is 69.2 Å². The lowest BCUT2D eigenvalue weighted by molar-refractivity contribution is -0.156. The predicted octanol–water partition coefficient (Wildman–Crippen LogP) is 5.90. The molecule has 0 aliphatic heterocycles. The van der Waals surface area contributed by atoms with Gasteiger partial charge in [0.2, 0.25) is 0 Å². The first-order chi connectivity index (χ1) is 11.8. The van der Waals surface area contributed by atoms with Gasteiger partial charge in [0.25, 0.3) is 0 Å². The number of ether oxygens (including phenoxy) is 1. The summed E-state index contributed by atoms with van der Waals surface area (Å²) in [7, 11) is 0.